The van der Waals surface area contributed by atoms with Crippen LogP contribution in [0.2, 0.25) is 0 Å². The van der Waals surface area contributed by atoms with Crippen LogP contribution in [0.15, 0.2) is 29.3 Å². The number of carbonyl (C=O) groups excluding carboxylic acids is 2. The van der Waals surface area contributed by atoms with Gasteiger partial charge in [0.25, 0.3) is 5.91 Å². The number of halogens is 1. The van der Waals surface area contributed by atoms with Gasteiger partial charge < -0.3 is 10.4 Å². The van der Waals surface area contributed by atoms with Gasteiger partial charge in [-0.25, -0.2) is 9.18 Å². The molecule has 7 nitrogen and oxygen atoms in total. The van der Waals surface area contributed by atoms with E-state index in [-0.39, 0.29) is 16.7 Å². The fraction of sp³-hybridized carbons (Fsp3) is 0.353. The topological polar surface area (TPSA) is 99.1 Å². The lowest BCUT2D eigenvalue weighted by molar-refractivity contribution is -0.140. The van der Waals surface area contributed by atoms with E-state index in [9.17, 15) is 23.9 Å². The highest BCUT2D eigenvalue weighted by Gasteiger charge is 2.38. The SMILES string of the molecule is CC[C@@H](C)[C@@H](N=CC1C(=O)NC(=S)N(c2ccc(F)cc2)C1=O)C(=O)O. The average molecular weight is 379 g/mol. The summed E-state index contributed by atoms with van der Waals surface area (Å²) in [4.78, 5) is 41.2. The van der Waals surface area contributed by atoms with E-state index in [1.54, 1.807) is 6.92 Å². The van der Waals surface area contributed by atoms with E-state index in [0.29, 0.717) is 6.42 Å². The van der Waals surface area contributed by atoms with Crippen LogP contribution < -0.4 is 10.2 Å². The third kappa shape index (κ3) is 4.10. The zero-order chi connectivity index (χ0) is 19.4. The average Bonchev–Trinajstić information content (AvgIpc) is 2.58. The zero-order valence-corrected chi connectivity index (χ0v) is 15.0. The minimum absolute atomic E-state index is 0.132. The lowest BCUT2D eigenvalue weighted by Gasteiger charge is -2.31. The summed E-state index contributed by atoms with van der Waals surface area (Å²) in [6.45, 7) is 3.54. The number of carboxylic acid groups (broad SMARTS) is 1. The van der Waals surface area contributed by atoms with Crippen LogP contribution in [0.1, 0.15) is 20.3 Å². The van der Waals surface area contributed by atoms with Crippen molar-refractivity contribution < 1.29 is 23.9 Å². The van der Waals surface area contributed by atoms with E-state index >= 15 is 0 Å². The first-order chi connectivity index (χ1) is 12.3. The maximum atomic E-state index is 13.1. The summed E-state index contributed by atoms with van der Waals surface area (Å²) in [5.41, 5.74) is 0.288. The van der Waals surface area contributed by atoms with Crippen LogP contribution in [0.4, 0.5) is 10.1 Å². The van der Waals surface area contributed by atoms with Crippen molar-refractivity contribution in [2.24, 2.45) is 16.8 Å². The Bertz CT molecular complexity index is 766. The normalized spacial score (nSPS) is 20.2. The number of amides is 2. The second-order valence-electron chi connectivity index (χ2n) is 5.89. The van der Waals surface area contributed by atoms with Gasteiger partial charge in [-0.15, -0.1) is 0 Å². The van der Waals surface area contributed by atoms with Crippen molar-refractivity contribution in [3.63, 3.8) is 0 Å². The van der Waals surface area contributed by atoms with E-state index in [1.807, 2.05) is 6.92 Å². The standard InChI is InChI=1S/C17H18FN3O4S/c1-3-9(2)13(16(24)25)19-8-12-14(22)20-17(26)21(15(12)23)11-6-4-10(18)5-7-11/h4-9,12-13H,3H2,1-2H3,(H,24,25)(H,20,22,26)/t9-,12?,13-/m1/s1. The molecule has 1 fully saturated rings. The van der Waals surface area contributed by atoms with Gasteiger partial charge in [-0.3, -0.25) is 19.5 Å². The zero-order valence-electron chi connectivity index (χ0n) is 14.2. The Balaban J connectivity index is 2.30. The van der Waals surface area contributed by atoms with Crippen LogP contribution in [0, 0.1) is 17.7 Å². The number of nitrogens with zero attached hydrogens (tertiary/aromatic N) is 2. The minimum atomic E-state index is -1.32. The molecule has 3 atom stereocenters. The molecule has 1 aromatic carbocycles. The van der Waals surface area contributed by atoms with E-state index in [4.69, 9.17) is 12.2 Å². The first-order valence-corrected chi connectivity index (χ1v) is 8.37. The molecular weight excluding hydrogens is 361 g/mol. The van der Waals surface area contributed by atoms with Crippen LogP contribution in [0.3, 0.4) is 0 Å². The Morgan fingerprint density at radius 1 is 1.42 bits per heavy atom. The molecule has 2 amide bonds. The van der Waals surface area contributed by atoms with Gasteiger partial charge in [-0.05, 0) is 42.4 Å². The lowest BCUT2D eigenvalue weighted by atomic mass is 9.99. The Morgan fingerprint density at radius 2 is 2.04 bits per heavy atom. The highest BCUT2D eigenvalue weighted by molar-refractivity contribution is 7.80. The van der Waals surface area contributed by atoms with E-state index < -0.39 is 35.6 Å². The molecule has 0 spiro atoms. The van der Waals surface area contributed by atoms with E-state index in [0.717, 1.165) is 23.2 Å². The summed E-state index contributed by atoms with van der Waals surface area (Å²) in [7, 11) is 0. The van der Waals surface area contributed by atoms with Gasteiger partial charge in [-0.1, -0.05) is 20.3 Å². The van der Waals surface area contributed by atoms with E-state index in [1.165, 1.54) is 12.1 Å². The molecule has 0 aliphatic carbocycles. The maximum Gasteiger partial charge on any atom is 0.328 e. The quantitative estimate of drug-likeness (QED) is 0.446. The molecule has 0 radical (unpaired) electrons. The predicted octanol–water partition coefficient (Wildman–Crippen LogP) is 1.76. The summed E-state index contributed by atoms with van der Waals surface area (Å²) in [6.07, 6.45) is 1.62. The monoisotopic (exact) mass is 379 g/mol. The first kappa shape index (κ1) is 19.6. The largest absolute Gasteiger partial charge is 0.480 e. The number of anilines is 1. The fourth-order valence-electron chi connectivity index (χ4n) is 2.41. The Hall–Kier alpha value is -2.68. The molecule has 1 aromatic rings. The van der Waals surface area contributed by atoms with Crippen molar-refractivity contribution in [2.75, 3.05) is 4.90 Å². The second kappa shape index (κ2) is 8.13. The summed E-state index contributed by atoms with van der Waals surface area (Å²) < 4.78 is 13.1. The fourth-order valence-corrected chi connectivity index (χ4v) is 2.71. The Kier molecular flexibility index (Phi) is 6.14. The van der Waals surface area contributed by atoms with Crippen LogP contribution in [-0.2, 0) is 14.4 Å². The van der Waals surface area contributed by atoms with Crippen molar-refractivity contribution in [1.29, 1.82) is 0 Å². The number of hydrogen-bond acceptors (Lipinski definition) is 5. The molecule has 1 aliphatic rings. The molecule has 2 rings (SSSR count). The number of carboxylic acids is 1. The molecule has 0 bridgehead atoms. The number of thiocarbonyl (C=S) groups is 1. The number of benzene rings is 1. The van der Waals surface area contributed by atoms with E-state index in [2.05, 4.69) is 10.3 Å². The van der Waals surface area contributed by atoms with Gasteiger partial charge in [0.2, 0.25) is 5.91 Å². The molecule has 26 heavy (non-hydrogen) atoms. The summed E-state index contributed by atoms with van der Waals surface area (Å²) >= 11 is 5.03. The molecule has 0 aromatic heterocycles. The molecule has 138 valence electrons. The molecular formula is C17H18FN3O4S. The summed E-state index contributed by atoms with van der Waals surface area (Å²) in [6, 6.07) is 3.96. The van der Waals surface area contributed by atoms with Gasteiger partial charge in [0.1, 0.15) is 11.9 Å². The lowest BCUT2D eigenvalue weighted by Crippen LogP contribution is -2.58. The number of rotatable bonds is 6. The van der Waals surface area contributed by atoms with Gasteiger partial charge in [0.05, 0.1) is 5.69 Å². The van der Waals surface area contributed by atoms with Crippen molar-refractivity contribution in [3.8, 4) is 0 Å². The highest BCUT2D eigenvalue weighted by atomic mass is 32.1. The number of hydrogen-bond donors (Lipinski definition) is 2. The van der Waals surface area contributed by atoms with Crippen molar-refractivity contribution in [3.05, 3.63) is 30.1 Å². The number of aliphatic imine (C=N–C) groups is 1. The summed E-state index contributed by atoms with van der Waals surface area (Å²) in [5, 5.41) is 11.5. The van der Waals surface area contributed by atoms with Gasteiger partial charge in [0.15, 0.2) is 11.0 Å². The Labute approximate surface area is 154 Å². The Morgan fingerprint density at radius 3 is 2.58 bits per heavy atom. The van der Waals surface area contributed by atoms with Crippen molar-refractivity contribution >= 4 is 47.0 Å². The second-order valence-corrected chi connectivity index (χ2v) is 6.28. The third-order valence-electron chi connectivity index (χ3n) is 4.12. The van der Waals surface area contributed by atoms with Gasteiger partial charge in [-0.2, -0.15) is 0 Å². The maximum absolute atomic E-state index is 13.1. The van der Waals surface area contributed by atoms with Crippen molar-refractivity contribution in [2.45, 2.75) is 26.3 Å². The van der Waals surface area contributed by atoms with Gasteiger partial charge >= 0.3 is 5.97 Å². The minimum Gasteiger partial charge on any atom is -0.480 e. The van der Waals surface area contributed by atoms with Crippen LogP contribution in [-0.4, -0.2) is 40.3 Å². The highest BCUT2D eigenvalue weighted by Crippen LogP contribution is 2.21. The number of aliphatic carboxylic acids is 1. The molecule has 9 heteroatoms. The van der Waals surface area contributed by atoms with Gasteiger partial charge in [0, 0.05) is 6.21 Å². The molecule has 1 saturated heterocycles. The third-order valence-corrected chi connectivity index (χ3v) is 4.40. The predicted molar refractivity (Wildman–Crippen MR) is 97.5 cm³/mol. The molecule has 2 N–H and O–H groups in total. The van der Waals surface area contributed by atoms with Crippen LogP contribution >= 0.6 is 12.2 Å². The van der Waals surface area contributed by atoms with Crippen LogP contribution in [0.25, 0.3) is 0 Å². The number of nitrogens with one attached hydrogen (secondary N) is 1. The summed E-state index contributed by atoms with van der Waals surface area (Å²) in [5.74, 6) is -4.57. The smallest absolute Gasteiger partial charge is 0.328 e. The number of carbonyl (C=O) groups is 3. The van der Waals surface area contributed by atoms with Crippen molar-refractivity contribution in [1.82, 2.24) is 5.32 Å². The molecule has 1 heterocycles. The van der Waals surface area contributed by atoms with Crippen LogP contribution in [0.5, 0.6) is 0 Å². The first-order valence-electron chi connectivity index (χ1n) is 7.96. The molecule has 1 aliphatic heterocycles. The molecule has 0 saturated carbocycles. The molecule has 1 unspecified atom stereocenters.